The summed E-state index contributed by atoms with van der Waals surface area (Å²) in [5, 5.41) is 8.32. The number of thiophene rings is 1. The summed E-state index contributed by atoms with van der Waals surface area (Å²) in [6.07, 6.45) is 9.78. The predicted octanol–water partition coefficient (Wildman–Crippen LogP) is 3.48. The van der Waals surface area contributed by atoms with Crippen LogP contribution in [0.15, 0.2) is 29.8 Å². The van der Waals surface area contributed by atoms with Crippen molar-refractivity contribution >= 4 is 33.2 Å². The van der Waals surface area contributed by atoms with E-state index in [4.69, 9.17) is 4.98 Å². The molecule has 130 valence electrons. The Kier molecular flexibility index (Phi) is 4.17. The van der Waals surface area contributed by atoms with Crippen LogP contribution in [-0.2, 0) is 25.9 Å². The molecule has 0 unspecified atom stereocenters. The van der Waals surface area contributed by atoms with Gasteiger partial charge in [-0.25, -0.2) is 4.98 Å². The molecule has 0 bridgehead atoms. The Labute approximate surface area is 149 Å². The Morgan fingerprint density at radius 1 is 1.40 bits per heavy atom. The van der Waals surface area contributed by atoms with E-state index in [0.29, 0.717) is 12.5 Å². The highest BCUT2D eigenvalue weighted by molar-refractivity contribution is 7.18. The zero-order valence-electron chi connectivity index (χ0n) is 14.3. The number of hydrogen-bond donors (Lipinski definition) is 1. The maximum Gasteiger partial charge on any atom is 0.264 e. The van der Waals surface area contributed by atoms with Crippen molar-refractivity contribution in [1.82, 2.24) is 19.3 Å². The SMILES string of the molecule is C=CCn1c(Nc2cnn(CC)c2)nc2sc3c(c2c1=O)CCCC3. The third kappa shape index (κ3) is 2.78. The van der Waals surface area contributed by atoms with Gasteiger partial charge in [0.1, 0.15) is 4.83 Å². The average molecular weight is 355 g/mol. The van der Waals surface area contributed by atoms with E-state index in [0.717, 1.165) is 41.7 Å². The van der Waals surface area contributed by atoms with Gasteiger partial charge in [0.2, 0.25) is 5.95 Å². The lowest BCUT2D eigenvalue weighted by atomic mass is 9.97. The van der Waals surface area contributed by atoms with E-state index < -0.39 is 0 Å². The number of aromatic nitrogens is 4. The normalized spacial score (nSPS) is 13.8. The molecule has 0 amide bonds. The summed E-state index contributed by atoms with van der Waals surface area (Å²) < 4.78 is 3.50. The molecular formula is C18H21N5OS. The summed E-state index contributed by atoms with van der Waals surface area (Å²) in [4.78, 5) is 20.1. The summed E-state index contributed by atoms with van der Waals surface area (Å²) in [5.41, 5.74) is 2.06. The molecule has 3 aromatic rings. The van der Waals surface area contributed by atoms with Crippen molar-refractivity contribution in [2.75, 3.05) is 5.32 Å². The van der Waals surface area contributed by atoms with Crippen LogP contribution in [0, 0.1) is 0 Å². The molecule has 1 aliphatic rings. The van der Waals surface area contributed by atoms with E-state index in [9.17, 15) is 4.79 Å². The largest absolute Gasteiger partial charge is 0.323 e. The first kappa shape index (κ1) is 16.1. The van der Waals surface area contributed by atoms with Crippen molar-refractivity contribution < 1.29 is 0 Å². The molecule has 3 aromatic heterocycles. The number of hydrogen-bond acceptors (Lipinski definition) is 5. The Balaban J connectivity index is 1.86. The van der Waals surface area contributed by atoms with Crippen LogP contribution in [0.25, 0.3) is 10.2 Å². The molecule has 0 fully saturated rings. The lowest BCUT2D eigenvalue weighted by Crippen LogP contribution is -2.24. The minimum atomic E-state index is 0.0229. The van der Waals surface area contributed by atoms with Gasteiger partial charge in [-0.05, 0) is 38.2 Å². The molecule has 6 nitrogen and oxygen atoms in total. The molecule has 25 heavy (non-hydrogen) atoms. The monoisotopic (exact) mass is 355 g/mol. The summed E-state index contributed by atoms with van der Waals surface area (Å²) in [5.74, 6) is 0.548. The number of allylic oxidation sites excluding steroid dienone is 1. The van der Waals surface area contributed by atoms with Crippen LogP contribution in [0.2, 0.25) is 0 Å². The van der Waals surface area contributed by atoms with E-state index in [2.05, 4.69) is 17.0 Å². The maximum absolute atomic E-state index is 13.1. The summed E-state index contributed by atoms with van der Waals surface area (Å²) in [7, 11) is 0. The number of nitrogens with zero attached hydrogens (tertiary/aromatic N) is 4. The quantitative estimate of drug-likeness (QED) is 0.712. The fraction of sp³-hybridized carbons (Fsp3) is 0.389. The highest BCUT2D eigenvalue weighted by Gasteiger charge is 2.22. The van der Waals surface area contributed by atoms with Crippen molar-refractivity contribution in [3.8, 4) is 0 Å². The number of anilines is 2. The van der Waals surface area contributed by atoms with Gasteiger partial charge in [-0.15, -0.1) is 17.9 Å². The summed E-state index contributed by atoms with van der Waals surface area (Å²) in [6.45, 7) is 7.05. The van der Waals surface area contributed by atoms with E-state index in [1.165, 1.54) is 16.9 Å². The second-order valence-corrected chi connectivity index (χ2v) is 7.32. The molecule has 0 saturated carbocycles. The third-order valence-electron chi connectivity index (χ3n) is 4.60. The van der Waals surface area contributed by atoms with Crippen molar-refractivity contribution in [3.63, 3.8) is 0 Å². The van der Waals surface area contributed by atoms with Crippen LogP contribution in [-0.4, -0.2) is 19.3 Å². The zero-order valence-corrected chi connectivity index (χ0v) is 15.1. The number of nitrogens with one attached hydrogen (secondary N) is 1. The molecule has 0 aromatic carbocycles. The van der Waals surface area contributed by atoms with Gasteiger partial charge in [-0.1, -0.05) is 6.08 Å². The first-order valence-electron chi connectivity index (χ1n) is 8.66. The molecular weight excluding hydrogens is 334 g/mol. The molecule has 0 aliphatic heterocycles. The number of aryl methyl sites for hydroxylation is 3. The Bertz CT molecular complexity index is 997. The van der Waals surface area contributed by atoms with Crippen LogP contribution in [0.1, 0.15) is 30.2 Å². The van der Waals surface area contributed by atoms with E-state index in [1.807, 2.05) is 17.8 Å². The minimum absolute atomic E-state index is 0.0229. The molecule has 7 heteroatoms. The van der Waals surface area contributed by atoms with Crippen LogP contribution < -0.4 is 10.9 Å². The molecule has 0 spiro atoms. The lowest BCUT2D eigenvalue weighted by Gasteiger charge is -2.13. The Morgan fingerprint density at radius 2 is 2.24 bits per heavy atom. The molecule has 0 radical (unpaired) electrons. The highest BCUT2D eigenvalue weighted by atomic mass is 32.1. The lowest BCUT2D eigenvalue weighted by molar-refractivity contribution is 0.660. The molecule has 1 N–H and O–H groups in total. The summed E-state index contributed by atoms with van der Waals surface area (Å²) in [6, 6.07) is 0. The van der Waals surface area contributed by atoms with Crippen LogP contribution >= 0.6 is 11.3 Å². The molecule has 3 heterocycles. The van der Waals surface area contributed by atoms with E-state index in [-0.39, 0.29) is 5.56 Å². The molecule has 4 rings (SSSR count). The van der Waals surface area contributed by atoms with Crippen molar-refractivity contribution in [3.05, 3.63) is 45.8 Å². The standard InChI is InChI=1S/C18H21N5OS/c1-3-9-23-17(24)15-13-7-5-6-8-14(13)25-16(15)21-18(23)20-12-10-19-22(4-2)11-12/h3,10-11H,1,4-9H2,2H3,(H,20,21). The fourth-order valence-electron chi connectivity index (χ4n) is 3.36. The Hall–Kier alpha value is -2.41. The third-order valence-corrected chi connectivity index (χ3v) is 5.79. The maximum atomic E-state index is 13.1. The molecule has 0 atom stereocenters. The molecule has 0 saturated heterocycles. The van der Waals surface area contributed by atoms with Gasteiger partial charge < -0.3 is 5.32 Å². The second-order valence-electron chi connectivity index (χ2n) is 6.24. The highest BCUT2D eigenvalue weighted by Crippen LogP contribution is 2.34. The van der Waals surface area contributed by atoms with Crippen LogP contribution in [0.5, 0.6) is 0 Å². The average Bonchev–Trinajstić information content (AvgIpc) is 3.22. The van der Waals surface area contributed by atoms with Crippen molar-refractivity contribution in [1.29, 1.82) is 0 Å². The fourth-order valence-corrected chi connectivity index (χ4v) is 4.61. The van der Waals surface area contributed by atoms with E-state index in [1.54, 1.807) is 28.2 Å². The summed E-state index contributed by atoms with van der Waals surface area (Å²) >= 11 is 1.66. The van der Waals surface area contributed by atoms with Gasteiger partial charge in [-0.2, -0.15) is 5.10 Å². The molecule has 1 aliphatic carbocycles. The number of fused-ring (bicyclic) bond motifs is 3. The van der Waals surface area contributed by atoms with Crippen LogP contribution in [0.3, 0.4) is 0 Å². The topological polar surface area (TPSA) is 64.7 Å². The van der Waals surface area contributed by atoms with Gasteiger partial charge in [0.05, 0.1) is 17.3 Å². The zero-order chi connectivity index (χ0) is 17.4. The first-order valence-corrected chi connectivity index (χ1v) is 9.48. The number of rotatable bonds is 5. The Morgan fingerprint density at radius 3 is 3.00 bits per heavy atom. The minimum Gasteiger partial charge on any atom is -0.323 e. The van der Waals surface area contributed by atoms with E-state index >= 15 is 0 Å². The van der Waals surface area contributed by atoms with Gasteiger partial charge >= 0.3 is 0 Å². The predicted molar refractivity (Wildman–Crippen MR) is 102 cm³/mol. The van der Waals surface area contributed by atoms with Gasteiger partial charge in [0.25, 0.3) is 5.56 Å². The smallest absolute Gasteiger partial charge is 0.264 e. The van der Waals surface area contributed by atoms with Gasteiger partial charge in [0, 0.05) is 24.2 Å². The van der Waals surface area contributed by atoms with Crippen molar-refractivity contribution in [2.45, 2.75) is 45.7 Å². The first-order chi connectivity index (χ1) is 12.2. The van der Waals surface area contributed by atoms with Crippen molar-refractivity contribution in [2.24, 2.45) is 0 Å². The van der Waals surface area contributed by atoms with Gasteiger partial charge in [-0.3, -0.25) is 14.0 Å². The second kappa shape index (κ2) is 6.48. The van der Waals surface area contributed by atoms with Gasteiger partial charge in [0.15, 0.2) is 0 Å². The van der Waals surface area contributed by atoms with Crippen LogP contribution in [0.4, 0.5) is 11.6 Å².